The Bertz CT molecular complexity index is 339. The Labute approximate surface area is 107 Å². The molecule has 4 N–H and O–H groups in total. The highest BCUT2D eigenvalue weighted by Crippen LogP contribution is 2.13. The molecule has 0 radical (unpaired) electrons. The predicted molar refractivity (Wildman–Crippen MR) is 73.9 cm³/mol. The molecule has 6 nitrogen and oxygen atoms in total. The molecule has 0 atom stereocenters. The van der Waals surface area contributed by atoms with E-state index in [4.69, 9.17) is 0 Å². The van der Waals surface area contributed by atoms with E-state index in [1.165, 1.54) is 14.1 Å². The number of amides is 4. The number of nitrogens with one attached hydrogen (secondary N) is 4. The number of urea groups is 2. The number of rotatable bonds is 2. The van der Waals surface area contributed by atoms with E-state index in [0.717, 1.165) is 0 Å². The van der Waals surface area contributed by atoms with Crippen LogP contribution in [-0.4, -0.2) is 26.2 Å². The van der Waals surface area contributed by atoms with E-state index in [0.29, 0.717) is 11.4 Å². The molecular weight excluding hydrogens is 232 g/mol. The molecule has 0 aliphatic carbocycles. The van der Waals surface area contributed by atoms with Crippen molar-refractivity contribution < 1.29 is 9.59 Å². The maximum atomic E-state index is 11.0. The van der Waals surface area contributed by atoms with Gasteiger partial charge in [-0.3, -0.25) is 0 Å². The Morgan fingerprint density at radius 3 is 1.28 bits per heavy atom. The summed E-state index contributed by atoms with van der Waals surface area (Å²) in [5, 5.41) is 10.1. The minimum absolute atomic E-state index is 0.285. The number of benzene rings is 1. The molecule has 0 aliphatic heterocycles. The second-order valence-corrected chi connectivity index (χ2v) is 2.99. The van der Waals surface area contributed by atoms with E-state index < -0.39 is 0 Å². The zero-order chi connectivity index (χ0) is 14.0. The highest BCUT2D eigenvalue weighted by atomic mass is 16.2. The van der Waals surface area contributed by atoms with E-state index in [-0.39, 0.29) is 12.1 Å². The highest BCUT2D eigenvalue weighted by molar-refractivity contribution is 5.91. The van der Waals surface area contributed by atoms with Crippen LogP contribution in [0.5, 0.6) is 0 Å². The van der Waals surface area contributed by atoms with Gasteiger partial charge in [0.05, 0.1) is 0 Å². The zero-order valence-electron chi connectivity index (χ0n) is 11.1. The molecular formula is C12H20N4O2. The smallest absolute Gasteiger partial charge is 0.318 e. The molecule has 6 heteroatoms. The van der Waals surface area contributed by atoms with Crippen LogP contribution >= 0.6 is 0 Å². The normalized spacial score (nSPS) is 8.44. The molecule has 18 heavy (non-hydrogen) atoms. The first-order valence-electron chi connectivity index (χ1n) is 5.73. The summed E-state index contributed by atoms with van der Waals surface area (Å²) in [5.74, 6) is 0. The van der Waals surface area contributed by atoms with Crippen LogP contribution in [0.25, 0.3) is 0 Å². The Morgan fingerprint density at radius 1 is 0.778 bits per heavy atom. The van der Waals surface area contributed by atoms with Gasteiger partial charge >= 0.3 is 12.1 Å². The number of carbonyl (C=O) groups is 2. The van der Waals surface area contributed by atoms with Gasteiger partial charge in [-0.15, -0.1) is 0 Å². The van der Waals surface area contributed by atoms with E-state index in [9.17, 15) is 9.59 Å². The van der Waals surface area contributed by atoms with Crippen LogP contribution in [0.15, 0.2) is 24.3 Å². The summed E-state index contributed by atoms with van der Waals surface area (Å²) in [5.41, 5.74) is 1.31. The molecule has 4 amide bonds. The highest BCUT2D eigenvalue weighted by Gasteiger charge is 2.00. The summed E-state index contributed by atoms with van der Waals surface area (Å²) in [6, 6.07) is 6.21. The van der Waals surface area contributed by atoms with Crippen molar-refractivity contribution in [2.24, 2.45) is 0 Å². The van der Waals surface area contributed by atoms with Gasteiger partial charge in [0.1, 0.15) is 0 Å². The Morgan fingerprint density at radius 2 is 1.06 bits per heavy atom. The maximum Gasteiger partial charge on any atom is 0.318 e. The van der Waals surface area contributed by atoms with Gasteiger partial charge in [-0.2, -0.15) is 0 Å². The van der Waals surface area contributed by atoms with Crippen LogP contribution in [0.1, 0.15) is 13.8 Å². The third-order valence-electron chi connectivity index (χ3n) is 1.85. The minimum Gasteiger partial charge on any atom is -0.341 e. The molecule has 0 heterocycles. The van der Waals surface area contributed by atoms with E-state index in [2.05, 4.69) is 21.3 Å². The molecule has 0 aromatic heterocycles. The van der Waals surface area contributed by atoms with E-state index in [1.54, 1.807) is 24.3 Å². The van der Waals surface area contributed by atoms with Crippen LogP contribution in [0, 0.1) is 0 Å². The number of carbonyl (C=O) groups excluding carboxylic acids is 2. The fraction of sp³-hybridized carbons (Fsp3) is 0.333. The quantitative estimate of drug-likeness (QED) is 0.651. The third kappa shape index (κ3) is 5.74. The molecule has 1 aromatic carbocycles. The van der Waals surface area contributed by atoms with Crippen LogP contribution < -0.4 is 21.3 Å². The summed E-state index contributed by atoms with van der Waals surface area (Å²) in [7, 11) is 3.08. The molecule has 0 saturated heterocycles. The summed E-state index contributed by atoms with van der Waals surface area (Å²) in [4.78, 5) is 22.0. The van der Waals surface area contributed by atoms with Gasteiger partial charge in [-0.05, 0) is 24.3 Å². The van der Waals surface area contributed by atoms with Crippen molar-refractivity contribution in [3.63, 3.8) is 0 Å². The van der Waals surface area contributed by atoms with Gasteiger partial charge in [0.2, 0.25) is 0 Å². The van der Waals surface area contributed by atoms with Crippen LogP contribution in [-0.2, 0) is 0 Å². The summed E-state index contributed by atoms with van der Waals surface area (Å²) in [6.07, 6.45) is 0. The first-order valence-corrected chi connectivity index (χ1v) is 5.73. The standard InChI is InChI=1S/C10H14N4O2.C2H6/c1-11-9(15)13-7-3-5-8(6-4-7)14-10(16)12-2;1-2/h3-6H,1-2H3,(H2,11,13,15)(H2,12,14,16);1-2H3. The van der Waals surface area contributed by atoms with Crippen LogP contribution in [0.3, 0.4) is 0 Å². The molecule has 0 saturated carbocycles. The van der Waals surface area contributed by atoms with Crippen LogP contribution in [0.2, 0.25) is 0 Å². The second kappa shape index (κ2) is 8.86. The van der Waals surface area contributed by atoms with Gasteiger partial charge in [0.15, 0.2) is 0 Å². The molecule has 100 valence electrons. The molecule has 0 fully saturated rings. The van der Waals surface area contributed by atoms with Crippen molar-refractivity contribution in [1.82, 2.24) is 10.6 Å². The molecule has 0 spiro atoms. The Balaban J connectivity index is 0.00000137. The van der Waals surface area contributed by atoms with Crippen molar-refractivity contribution in [3.8, 4) is 0 Å². The first kappa shape index (κ1) is 15.8. The lowest BCUT2D eigenvalue weighted by Gasteiger charge is -2.06. The van der Waals surface area contributed by atoms with Gasteiger partial charge in [0, 0.05) is 25.5 Å². The predicted octanol–water partition coefficient (Wildman–Crippen LogP) is 2.22. The minimum atomic E-state index is -0.285. The summed E-state index contributed by atoms with van der Waals surface area (Å²) < 4.78 is 0. The molecule has 1 rings (SSSR count). The Hall–Kier alpha value is -2.24. The maximum absolute atomic E-state index is 11.0. The van der Waals surface area contributed by atoms with Crippen molar-refractivity contribution in [3.05, 3.63) is 24.3 Å². The SMILES string of the molecule is CC.CNC(=O)Nc1ccc(NC(=O)NC)cc1. The lowest BCUT2D eigenvalue weighted by atomic mass is 10.3. The Kier molecular flexibility index (Phi) is 7.76. The lowest BCUT2D eigenvalue weighted by Crippen LogP contribution is -2.25. The lowest BCUT2D eigenvalue weighted by molar-refractivity contribution is 0.253. The van der Waals surface area contributed by atoms with Gasteiger partial charge in [-0.1, -0.05) is 13.8 Å². The third-order valence-corrected chi connectivity index (χ3v) is 1.85. The van der Waals surface area contributed by atoms with Crippen LogP contribution in [0.4, 0.5) is 21.0 Å². The average Bonchev–Trinajstić information content (AvgIpc) is 2.43. The molecule has 1 aromatic rings. The van der Waals surface area contributed by atoms with E-state index >= 15 is 0 Å². The monoisotopic (exact) mass is 252 g/mol. The van der Waals surface area contributed by atoms with E-state index in [1.807, 2.05) is 13.8 Å². The number of hydrogen-bond acceptors (Lipinski definition) is 2. The topological polar surface area (TPSA) is 82.3 Å². The van der Waals surface area contributed by atoms with Crippen molar-refractivity contribution in [2.75, 3.05) is 24.7 Å². The zero-order valence-corrected chi connectivity index (χ0v) is 11.1. The second-order valence-electron chi connectivity index (χ2n) is 2.99. The average molecular weight is 252 g/mol. The van der Waals surface area contributed by atoms with Gasteiger partial charge in [0.25, 0.3) is 0 Å². The molecule has 0 aliphatic rings. The van der Waals surface area contributed by atoms with Crippen molar-refractivity contribution >= 4 is 23.4 Å². The fourth-order valence-electron chi connectivity index (χ4n) is 1.02. The van der Waals surface area contributed by atoms with Crippen molar-refractivity contribution in [1.29, 1.82) is 0 Å². The number of anilines is 2. The first-order chi connectivity index (χ1) is 8.65. The van der Waals surface area contributed by atoms with Crippen molar-refractivity contribution in [2.45, 2.75) is 13.8 Å². The summed E-state index contributed by atoms with van der Waals surface area (Å²) >= 11 is 0. The van der Waals surface area contributed by atoms with Gasteiger partial charge < -0.3 is 21.3 Å². The van der Waals surface area contributed by atoms with Gasteiger partial charge in [-0.25, -0.2) is 9.59 Å². The fourth-order valence-corrected chi connectivity index (χ4v) is 1.02. The molecule has 0 unspecified atom stereocenters. The largest absolute Gasteiger partial charge is 0.341 e. The summed E-state index contributed by atoms with van der Waals surface area (Å²) in [6.45, 7) is 4.00. The molecule has 0 bridgehead atoms. The number of hydrogen-bond donors (Lipinski definition) is 4.